The number of rotatable bonds is 4. The van der Waals surface area contributed by atoms with Crippen molar-refractivity contribution < 1.29 is 9.59 Å². The third-order valence-corrected chi connectivity index (χ3v) is 4.96. The topological polar surface area (TPSA) is 65.5 Å². The van der Waals surface area contributed by atoms with Crippen LogP contribution >= 0.6 is 0 Å². The zero-order valence-electron chi connectivity index (χ0n) is 15.4. The lowest BCUT2D eigenvalue weighted by Gasteiger charge is -2.24. The van der Waals surface area contributed by atoms with Crippen LogP contribution in [0.1, 0.15) is 12.5 Å². The first-order valence-corrected chi connectivity index (χ1v) is 9.07. The van der Waals surface area contributed by atoms with E-state index in [1.807, 2.05) is 17.0 Å². The number of likely N-dealkylation sites (N-methyl/N-ethyl adjacent to an activating group) is 1. The van der Waals surface area contributed by atoms with Crippen molar-refractivity contribution in [2.75, 3.05) is 39.8 Å². The van der Waals surface area contributed by atoms with Gasteiger partial charge in [-0.05, 0) is 36.1 Å². The standard InChI is InChI=1S/C20H26N4O2/c1-15(25)24-9-8-23(14-20(26)21-2)12-17(13-24)10-16-5-6-19-18(11-16)4-3-7-22-19/h3-7,11,17H,8-10,12-14H2,1-2H3,(H,21,26)/t17-/m1/s1. The second-order valence-corrected chi connectivity index (χ2v) is 6.97. The Morgan fingerprint density at radius 1 is 1.23 bits per heavy atom. The highest BCUT2D eigenvalue weighted by molar-refractivity contribution is 5.79. The van der Waals surface area contributed by atoms with E-state index < -0.39 is 0 Å². The molecule has 1 saturated heterocycles. The Bertz CT molecular complexity index is 792. The monoisotopic (exact) mass is 354 g/mol. The number of fused-ring (bicyclic) bond motifs is 1. The highest BCUT2D eigenvalue weighted by atomic mass is 16.2. The first-order chi connectivity index (χ1) is 12.5. The molecule has 1 aromatic heterocycles. The van der Waals surface area contributed by atoms with E-state index in [4.69, 9.17) is 0 Å². The molecular weight excluding hydrogens is 328 g/mol. The van der Waals surface area contributed by atoms with Crippen LogP contribution in [0, 0.1) is 5.92 Å². The van der Waals surface area contributed by atoms with Gasteiger partial charge in [-0.1, -0.05) is 12.1 Å². The molecule has 2 aromatic rings. The van der Waals surface area contributed by atoms with Crippen molar-refractivity contribution >= 4 is 22.7 Å². The molecule has 1 aliphatic heterocycles. The molecule has 0 spiro atoms. The van der Waals surface area contributed by atoms with Gasteiger partial charge in [0.15, 0.2) is 0 Å². The molecule has 3 rings (SSSR count). The minimum Gasteiger partial charge on any atom is -0.358 e. The van der Waals surface area contributed by atoms with Gasteiger partial charge < -0.3 is 10.2 Å². The van der Waals surface area contributed by atoms with Gasteiger partial charge in [0, 0.05) is 51.7 Å². The summed E-state index contributed by atoms with van der Waals surface area (Å²) in [7, 11) is 1.66. The second-order valence-electron chi connectivity index (χ2n) is 6.97. The maximum Gasteiger partial charge on any atom is 0.233 e. The molecule has 6 heteroatoms. The van der Waals surface area contributed by atoms with Crippen LogP contribution in [0.25, 0.3) is 10.9 Å². The number of pyridine rings is 1. The Morgan fingerprint density at radius 3 is 2.85 bits per heavy atom. The first kappa shape index (κ1) is 18.3. The molecule has 0 radical (unpaired) electrons. The van der Waals surface area contributed by atoms with E-state index in [0.29, 0.717) is 19.0 Å². The van der Waals surface area contributed by atoms with Crippen molar-refractivity contribution in [3.63, 3.8) is 0 Å². The first-order valence-electron chi connectivity index (χ1n) is 9.07. The average Bonchev–Trinajstić information content (AvgIpc) is 2.83. The smallest absolute Gasteiger partial charge is 0.233 e. The minimum atomic E-state index is 0.0109. The third-order valence-electron chi connectivity index (χ3n) is 4.96. The summed E-state index contributed by atoms with van der Waals surface area (Å²) in [5.74, 6) is 0.400. The van der Waals surface area contributed by atoms with E-state index in [1.54, 1.807) is 20.2 Å². The van der Waals surface area contributed by atoms with Gasteiger partial charge in [0.25, 0.3) is 0 Å². The number of benzene rings is 1. The van der Waals surface area contributed by atoms with Crippen molar-refractivity contribution in [1.82, 2.24) is 20.1 Å². The maximum absolute atomic E-state index is 11.9. The van der Waals surface area contributed by atoms with Crippen molar-refractivity contribution in [2.45, 2.75) is 13.3 Å². The Balaban J connectivity index is 1.76. The van der Waals surface area contributed by atoms with Crippen LogP contribution in [-0.2, 0) is 16.0 Å². The molecule has 0 bridgehead atoms. The summed E-state index contributed by atoms with van der Waals surface area (Å²) in [5, 5.41) is 3.81. The molecule has 1 aliphatic rings. The molecule has 138 valence electrons. The van der Waals surface area contributed by atoms with Crippen LogP contribution in [0.15, 0.2) is 36.5 Å². The number of hydrogen-bond acceptors (Lipinski definition) is 4. The van der Waals surface area contributed by atoms with Gasteiger partial charge in [0.1, 0.15) is 0 Å². The van der Waals surface area contributed by atoms with Crippen LogP contribution in [0.4, 0.5) is 0 Å². The van der Waals surface area contributed by atoms with Gasteiger partial charge in [0.2, 0.25) is 11.8 Å². The molecule has 1 atom stereocenters. The summed E-state index contributed by atoms with van der Waals surface area (Å²) in [6.07, 6.45) is 2.67. The average molecular weight is 354 g/mol. The molecule has 0 unspecified atom stereocenters. The molecule has 1 aromatic carbocycles. The summed E-state index contributed by atoms with van der Waals surface area (Å²) in [5.41, 5.74) is 2.23. The Labute approximate surface area is 154 Å². The molecule has 2 heterocycles. The summed E-state index contributed by atoms with van der Waals surface area (Å²) in [4.78, 5) is 32.1. The summed E-state index contributed by atoms with van der Waals surface area (Å²) in [6.45, 7) is 4.93. The normalized spacial score (nSPS) is 18.5. The van der Waals surface area contributed by atoms with Crippen LogP contribution in [0.5, 0.6) is 0 Å². The second kappa shape index (κ2) is 8.27. The summed E-state index contributed by atoms with van der Waals surface area (Å²) >= 11 is 0. The molecule has 0 aliphatic carbocycles. The lowest BCUT2D eigenvalue weighted by Crippen LogP contribution is -2.39. The molecule has 2 amide bonds. The Morgan fingerprint density at radius 2 is 2.08 bits per heavy atom. The number of aromatic nitrogens is 1. The van der Waals surface area contributed by atoms with Gasteiger partial charge in [-0.15, -0.1) is 0 Å². The van der Waals surface area contributed by atoms with E-state index in [0.717, 1.165) is 37.0 Å². The summed E-state index contributed by atoms with van der Waals surface area (Å²) < 4.78 is 0. The molecule has 0 saturated carbocycles. The van der Waals surface area contributed by atoms with Gasteiger partial charge in [-0.3, -0.25) is 19.5 Å². The predicted molar refractivity (Wildman–Crippen MR) is 102 cm³/mol. The predicted octanol–water partition coefficient (Wildman–Crippen LogP) is 1.30. The van der Waals surface area contributed by atoms with Crippen molar-refractivity contribution in [1.29, 1.82) is 0 Å². The van der Waals surface area contributed by atoms with Crippen molar-refractivity contribution in [3.8, 4) is 0 Å². The Hall–Kier alpha value is -2.47. The van der Waals surface area contributed by atoms with Gasteiger partial charge in [0.05, 0.1) is 12.1 Å². The SMILES string of the molecule is CNC(=O)CN1CCN(C(C)=O)C[C@H](Cc2ccc3ncccc3c2)C1. The fourth-order valence-corrected chi connectivity index (χ4v) is 3.61. The molecule has 1 fully saturated rings. The number of hydrogen-bond donors (Lipinski definition) is 1. The highest BCUT2D eigenvalue weighted by Crippen LogP contribution is 2.19. The van der Waals surface area contributed by atoms with Crippen LogP contribution in [0.2, 0.25) is 0 Å². The van der Waals surface area contributed by atoms with Gasteiger partial charge >= 0.3 is 0 Å². The van der Waals surface area contributed by atoms with Gasteiger partial charge in [-0.25, -0.2) is 0 Å². The van der Waals surface area contributed by atoms with Crippen LogP contribution < -0.4 is 5.32 Å². The number of carbonyl (C=O) groups excluding carboxylic acids is 2. The van der Waals surface area contributed by atoms with Crippen molar-refractivity contribution in [3.05, 3.63) is 42.1 Å². The fraction of sp³-hybridized carbons (Fsp3) is 0.450. The lowest BCUT2D eigenvalue weighted by atomic mass is 9.97. The van der Waals surface area contributed by atoms with E-state index in [2.05, 4.69) is 33.4 Å². The molecule has 6 nitrogen and oxygen atoms in total. The van der Waals surface area contributed by atoms with E-state index in [-0.39, 0.29) is 11.8 Å². The van der Waals surface area contributed by atoms with E-state index >= 15 is 0 Å². The minimum absolute atomic E-state index is 0.0109. The largest absolute Gasteiger partial charge is 0.358 e. The summed E-state index contributed by atoms with van der Waals surface area (Å²) in [6, 6.07) is 10.3. The van der Waals surface area contributed by atoms with Gasteiger partial charge in [-0.2, -0.15) is 0 Å². The number of carbonyl (C=O) groups is 2. The van der Waals surface area contributed by atoms with E-state index in [1.165, 1.54) is 5.56 Å². The third kappa shape index (κ3) is 4.58. The molecule has 26 heavy (non-hydrogen) atoms. The lowest BCUT2D eigenvalue weighted by molar-refractivity contribution is -0.129. The van der Waals surface area contributed by atoms with Crippen LogP contribution in [-0.4, -0.2) is 66.4 Å². The number of amides is 2. The molecule has 1 N–H and O–H groups in total. The van der Waals surface area contributed by atoms with Crippen LogP contribution in [0.3, 0.4) is 0 Å². The zero-order chi connectivity index (χ0) is 18.5. The fourth-order valence-electron chi connectivity index (χ4n) is 3.61. The zero-order valence-corrected chi connectivity index (χ0v) is 15.4. The quantitative estimate of drug-likeness (QED) is 0.899. The Kier molecular flexibility index (Phi) is 5.83. The number of nitrogens with zero attached hydrogens (tertiary/aromatic N) is 3. The molecular formula is C20H26N4O2. The maximum atomic E-state index is 11.9. The highest BCUT2D eigenvalue weighted by Gasteiger charge is 2.25. The van der Waals surface area contributed by atoms with Crippen molar-refractivity contribution in [2.24, 2.45) is 5.92 Å². The number of nitrogens with one attached hydrogen (secondary N) is 1. The van der Waals surface area contributed by atoms with E-state index in [9.17, 15) is 9.59 Å².